The van der Waals surface area contributed by atoms with Gasteiger partial charge in [-0.15, -0.1) is 0 Å². The van der Waals surface area contributed by atoms with Gasteiger partial charge >= 0.3 is 5.97 Å². The lowest BCUT2D eigenvalue weighted by molar-refractivity contribution is 0.0685. The molecule has 1 N–H and O–H groups in total. The van der Waals surface area contributed by atoms with Crippen molar-refractivity contribution in [3.63, 3.8) is 0 Å². The number of amides is 1. The lowest BCUT2D eigenvalue weighted by atomic mass is 10.0. The number of rotatable bonds is 3. The van der Waals surface area contributed by atoms with Crippen LogP contribution in [-0.2, 0) is 0 Å². The number of aryl methyl sites for hydroxylation is 1. The summed E-state index contributed by atoms with van der Waals surface area (Å²) in [5, 5.41) is 8.88. The van der Waals surface area contributed by atoms with Crippen LogP contribution in [0, 0.1) is 6.92 Å². The molecule has 0 bridgehead atoms. The molecule has 1 atom stereocenters. The molecule has 1 aromatic carbocycles. The van der Waals surface area contributed by atoms with E-state index in [-0.39, 0.29) is 17.6 Å². The Hall–Kier alpha value is -2.69. The molecular formula is C18H18N2O3. The molecule has 1 saturated heterocycles. The van der Waals surface area contributed by atoms with E-state index in [2.05, 4.69) is 29.2 Å². The third-order valence-electron chi connectivity index (χ3n) is 4.21. The largest absolute Gasteiger partial charge is 0.477 e. The number of hydrogen-bond donors (Lipinski definition) is 1. The fourth-order valence-corrected chi connectivity index (χ4v) is 2.96. The number of carboxylic acid groups (broad SMARTS) is 1. The van der Waals surface area contributed by atoms with Crippen LogP contribution in [0.4, 0.5) is 0 Å². The van der Waals surface area contributed by atoms with Gasteiger partial charge < -0.3 is 10.0 Å². The summed E-state index contributed by atoms with van der Waals surface area (Å²) < 4.78 is 0. The van der Waals surface area contributed by atoms with Gasteiger partial charge in [0.25, 0.3) is 5.91 Å². The number of pyridine rings is 1. The van der Waals surface area contributed by atoms with Gasteiger partial charge in [-0.05, 0) is 37.5 Å². The third kappa shape index (κ3) is 3.08. The van der Waals surface area contributed by atoms with Gasteiger partial charge in [0, 0.05) is 12.7 Å². The highest BCUT2D eigenvalue weighted by molar-refractivity contribution is 5.95. The number of benzene rings is 1. The van der Waals surface area contributed by atoms with Gasteiger partial charge in [-0.25, -0.2) is 9.78 Å². The van der Waals surface area contributed by atoms with Crippen molar-refractivity contribution in [1.29, 1.82) is 0 Å². The molecule has 3 rings (SSSR count). The second-order valence-corrected chi connectivity index (χ2v) is 5.80. The van der Waals surface area contributed by atoms with Crippen LogP contribution in [0.1, 0.15) is 50.9 Å². The molecule has 1 amide bonds. The van der Waals surface area contributed by atoms with E-state index in [0.717, 1.165) is 18.4 Å². The molecule has 2 heterocycles. The molecule has 1 aliphatic rings. The number of hydrogen-bond acceptors (Lipinski definition) is 3. The number of aromatic nitrogens is 1. The molecule has 0 radical (unpaired) electrons. The first-order valence-corrected chi connectivity index (χ1v) is 7.63. The highest BCUT2D eigenvalue weighted by atomic mass is 16.4. The first-order valence-electron chi connectivity index (χ1n) is 7.63. The Balaban J connectivity index is 1.82. The smallest absolute Gasteiger partial charge is 0.354 e. The van der Waals surface area contributed by atoms with Crippen molar-refractivity contribution in [3.05, 3.63) is 65.0 Å². The van der Waals surface area contributed by atoms with Crippen LogP contribution in [0.5, 0.6) is 0 Å². The molecule has 23 heavy (non-hydrogen) atoms. The van der Waals surface area contributed by atoms with Gasteiger partial charge in [0.2, 0.25) is 0 Å². The molecule has 0 aliphatic carbocycles. The molecule has 1 unspecified atom stereocenters. The van der Waals surface area contributed by atoms with Gasteiger partial charge in [-0.3, -0.25) is 4.79 Å². The van der Waals surface area contributed by atoms with Gasteiger partial charge in [0.1, 0.15) is 5.69 Å². The Morgan fingerprint density at radius 3 is 2.52 bits per heavy atom. The Morgan fingerprint density at radius 1 is 1.17 bits per heavy atom. The van der Waals surface area contributed by atoms with Gasteiger partial charge in [0.05, 0.1) is 11.6 Å². The summed E-state index contributed by atoms with van der Waals surface area (Å²) in [7, 11) is 0. The molecule has 2 aromatic rings. The quantitative estimate of drug-likeness (QED) is 0.946. The monoisotopic (exact) mass is 310 g/mol. The van der Waals surface area contributed by atoms with Crippen LogP contribution in [0.15, 0.2) is 42.6 Å². The number of carbonyl (C=O) groups excluding carboxylic acids is 1. The number of aromatic carboxylic acids is 1. The predicted molar refractivity (Wildman–Crippen MR) is 85.4 cm³/mol. The minimum absolute atomic E-state index is 0.0574. The second kappa shape index (κ2) is 6.20. The van der Waals surface area contributed by atoms with Crippen LogP contribution in [0.25, 0.3) is 0 Å². The van der Waals surface area contributed by atoms with Crippen LogP contribution >= 0.6 is 0 Å². The first kappa shape index (κ1) is 15.2. The number of likely N-dealkylation sites (tertiary alicyclic amines) is 1. The molecule has 118 valence electrons. The van der Waals surface area contributed by atoms with Crippen LogP contribution in [0.3, 0.4) is 0 Å². The summed E-state index contributed by atoms with van der Waals surface area (Å²) in [5.74, 6) is -1.19. The highest BCUT2D eigenvalue weighted by Gasteiger charge is 2.30. The van der Waals surface area contributed by atoms with Crippen molar-refractivity contribution >= 4 is 11.9 Å². The average Bonchev–Trinajstić information content (AvgIpc) is 3.04. The molecule has 0 spiro atoms. The maximum absolute atomic E-state index is 12.7. The highest BCUT2D eigenvalue weighted by Crippen LogP contribution is 2.33. The SMILES string of the molecule is Cc1ccc(C2CCCN2C(=O)c2ccc(C(=O)O)nc2)cc1. The van der Waals surface area contributed by atoms with Gasteiger partial charge in [-0.2, -0.15) is 0 Å². The lowest BCUT2D eigenvalue weighted by Crippen LogP contribution is -2.30. The maximum Gasteiger partial charge on any atom is 0.354 e. The standard InChI is InChI=1S/C18H18N2O3/c1-12-4-6-13(7-5-12)16-3-2-10-20(16)17(21)14-8-9-15(18(22)23)19-11-14/h4-9,11,16H,2-3,10H2,1H3,(H,22,23). The van der Waals surface area contributed by atoms with E-state index in [9.17, 15) is 9.59 Å². The third-order valence-corrected chi connectivity index (χ3v) is 4.21. The van der Waals surface area contributed by atoms with Crippen molar-refractivity contribution in [1.82, 2.24) is 9.88 Å². The molecule has 1 aliphatic heterocycles. The summed E-state index contributed by atoms with van der Waals surface area (Å²) in [5.41, 5.74) is 2.70. The maximum atomic E-state index is 12.7. The van der Waals surface area contributed by atoms with E-state index in [1.807, 2.05) is 11.8 Å². The average molecular weight is 310 g/mol. The van der Waals surface area contributed by atoms with Crippen molar-refractivity contribution in [3.8, 4) is 0 Å². The summed E-state index contributed by atoms with van der Waals surface area (Å²) in [6.45, 7) is 2.75. The summed E-state index contributed by atoms with van der Waals surface area (Å²) >= 11 is 0. The van der Waals surface area contributed by atoms with Crippen molar-refractivity contribution in [2.24, 2.45) is 0 Å². The van der Waals surface area contributed by atoms with Crippen molar-refractivity contribution in [2.45, 2.75) is 25.8 Å². The van der Waals surface area contributed by atoms with E-state index in [1.165, 1.54) is 23.9 Å². The zero-order valence-corrected chi connectivity index (χ0v) is 12.9. The van der Waals surface area contributed by atoms with Crippen molar-refractivity contribution < 1.29 is 14.7 Å². The van der Waals surface area contributed by atoms with Gasteiger partial charge in [0.15, 0.2) is 0 Å². The van der Waals surface area contributed by atoms with Crippen LogP contribution in [0.2, 0.25) is 0 Å². The molecule has 1 fully saturated rings. The molecule has 1 aromatic heterocycles. The van der Waals surface area contributed by atoms with E-state index in [1.54, 1.807) is 0 Å². The van der Waals surface area contributed by atoms with E-state index >= 15 is 0 Å². The van der Waals surface area contributed by atoms with E-state index in [4.69, 9.17) is 5.11 Å². The summed E-state index contributed by atoms with van der Waals surface area (Å²) in [6, 6.07) is 11.2. The molecule has 0 saturated carbocycles. The zero-order chi connectivity index (χ0) is 16.4. The Bertz CT molecular complexity index is 723. The zero-order valence-electron chi connectivity index (χ0n) is 12.9. The van der Waals surface area contributed by atoms with Gasteiger partial charge in [-0.1, -0.05) is 29.8 Å². The fourth-order valence-electron chi connectivity index (χ4n) is 2.96. The fraction of sp³-hybridized carbons (Fsp3) is 0.278. The number of carboxylic acids is 1. The normalized spacial score (nSPS) is 17.3. The summed E-state index contributed by atoms with van der Waals surface area (Å²) in [4.78, 5) is 29.2. The summed E-state index contributed by atoms with van der Waals surface area (Å²) in [6.07, 6.45) is 3.25. The second-order valence-electron chi connectivity index (χ2n) is 5.80. The number of carbonyl (C=O) groups is 2. The Kier molecular flexibility index (Phi) is 4.10. The molecule has 5 nitrogen and oxygen atoms in total. The Morgan fingerprint density at radius 2 is 1.91 bits per heavy atom. The van der Waals surface area contributed by atoms with E-state index < -0.39 is 5.97 Å². The minimum Gasteiger partial charge on any atom is -0.477 e. The van der Waals surface area contributed by atoms with Crippen molar-refractivity contribution in [2.75, 3.05) is 6.54 Å². The van der Waals surface area contributed by atoms with Crippen LogP contribution < -0.4 is 0 Å². The lowest BCUT2D eigenvalue weighted by Gasteiger charge is -2.25. The topological polar surface area (TPSA) is 70.5 Å². The minimum atomic E-state index is -1.09. The molecule has 5 heteroatoms. The molecular weight excluding hydrogens is 292 g/mol. The number of nitrogens with zero attached hydrogens (tertiary/aromatic N) is 2. The Labute approximate surface area is 134 Å². The first-order chi connectivity index (χ1) is 11.1. The van der Waals surface area contributed by atoms with Crippen LogP contribution in [-0.4, -0.2) is 33.4 Å². The predicted octanol–water partition coefficient (Wildman–Crippen LogP) is 3.07. The van der Waals surface area contributed by atoms with E-state index in [0.29, 0.717) is 12.1 Å².